The summed E-state index contributed by atoms with van der Waals surface area (Å²) in [5.74, 6) is 0.803. The van der Waals surface area contributed by atoms with Gasteiger partial charge in [-0.3, -0.25) is 4.52 Å². The number of hydrogen-bond donors (Lipinski definition) is 2. The number of rotatable bonds is 7. The van der Waals surface area contributed by atoms with Crippen LogP contribution in [0.2, 0.25) is 0 Å². The summed E-state index contributed by atoms with van der Waals surface area (Å²) in [6.07, 6.45) is 1.55. The van der Waals surface area contributed by atoms with Crippen LogP contribution in [0, 0.1) is 0 Å². The third-order valence-electron chi connectivity index (χ3n) is 3.65. The van der Waals surface area contributed by atoms with E-state index in [4.69, 9.17) is 9.05 Å². The Morgan fingerprint density at radius 1 is 1.04 bits per heavy atom. The van der Waals surface area contributed by atoms with Gasteiger partial charge in [0.15, 0.2) is 0 Å². The van der Waals surface area contributed by atoms with Crippen LogP contribution in [-0.4, -0.2) is 16.6 Å². The summed E-state index contributed by atoms with van der Waals surface area (Å²) >= 11 is 0. The van der Waals surface area contributed by atoms with Gasteiger partial charge in [0.2, 0.25) is 0 Å². The van der Waals surface area contributed by atoms with Gasteiger partial charge in [0, 0.05) is 5.41 Å². The molecular formula is C18H21O4P. The van der Waals surface area contributed by atoms with Crippen molar-refractivity contribution in [1.82, 2.24) is 0 Å². The average molecular weight is 332 g/mol. The van der Waals surface area contributed by atoms with Gasteiger partial charge < -0.3 is 14.5 Å². The maximum Gasteiger partial charge on any atom is 0.394 e. The molecule has 0 fully saturated rings. The van der Waals surface area contributed by atoms with Crippen LogP contribution in [0.25, 0.3) is 0 Å². The van der Waals surface area contributed by atoms with Crippen molar-refractivity contribution in [2.45, 2.75) is 19.3 Å². The van der Waals surface area contributed by atoms with Crippen molar-refractivity contribution in [1.29, 1.82) is 0 Å². The zero-order chi connectivity index (χ0) is 16.9. The van der Waals surface area contributed by atoms with E-state index in [9.17, 15) is 10.00 Å². The molecule has 2 aromatic rings. The van der Waals surface area contributed by atoms with E-state index in [1.54, 1.807) is 30.3 Å². The number of phenols is 1. The molecule has 0 aliphatic rings. The summed E-state index contributed by atoms with van der Waals surface area (Å²) < 4.78 is 10.4. The molecule has 0 spiro atoms. The van der Waals surface area contributed by atoms with Crippen molar-refractivity contribution < 1.29 is 19.0 Å². The van der Waals surface area contributed by atoms with Crippen LogP contribution in [0.4, 0.5) is 0 Å². The summed E-state index contributed by atoms with van der Waals surface area (Å²) in [5, 5.41) is 9.42. The molecule has 2 N–H and O–H groups in total. The summed E-state index contributed by atoms with van der Waals surface area (Å²) in [7, 11) is -1.95. The third-order valence-corrected chi connectivity index (χ3v) is 4.39. The second-order valence-electron chi connectivity index (χ2n) is 5.61. The second-order valence-corrected chi connectivity index (χ2v) is 6.53. The second kappa shape index (κ2) is 7.60. The Kier molecular flexibility index (Phi) is 5.78. The molecule has 0 aliphatic carbocycles. The molecule has 0 amide bonds. The van der Waals surface area contributed by atoms with Gasteiger partial charge in [-0.1, -0.05) is 44.2 Å². The summed E-state index contributed by atoms with van der Waals surface area (Å²) in [4.78, 5) is 9.62. The molecule has 2 rings (SSSR count). The Balaban J connectivity index is 2.11. The average Bonchev–Trinajstić information content (AvgIpc) is 2.54. The lowest BCUT2D eigenvalue weighted by Gasteiger charge is -2.26. The fourth-order valence-corrected chi connectivity index (χ4v) is 2.80. The lowest BCUT2D eigenvalue weighted by atomic mass is 9.78. The molecule has 0 aliphatic heterocycles. The standard InChI is InChI=1S/C18H21O4P/c1-4-13-21-23(20)22-17-11-7-15(8-12-17)18(2,3)14-5-9-16(19)10-6-14/h4-12,19-20H,1,13H2,2-3H3. The first-order chi connectivity index (χ1) is 10.9. The fraction of sp³-hybridized carbons (Fsp3) is 0.222. The number of benzene rings is 2. The zero-order valence-electron chi connectivity index (χ0n) is 13.3. The van der Waals surface area contributed by atoms with Gasteiger partial charge in [0.25, 0.3) is 0 Å². The Morgan fingerprint density at radius 2 is 1.57 bits per heavy atom. The molecule has 1 unspecified atom stereocenters. The third kappa shape index (κ3) is 4.55. The number of phenolic OH excluding ortho intramolecular Hbond substituents is 1. The number of hydrogen-bond acceptors (Lipinski definition) is 4. The van der Waals surface area contributed by atoms with E-state index in [-0.39, 0.29) is 17.8 Å². The monoisotopic (exact) mass is 332 g/mol. The summed E-state index contributed by atoms with van der Waals surface area (Å²) in [6.45, 7) is 7.98. The van der Waals surface area contributed by atoms with E-state index in [1.807, 2.05) is 24.3 Å². The SMILES string of the molecule is C=CCOP(O)Oc1ccc(C(C)(C)c2ccc(O)cc2)cc1. The molecule has 0 saturated heterocycles. The maximum absolute atomic E-state index is 9.62. The molecule has 4 nitrogen and oxygen atoms in total. The van der Waals surface area contributed by atoms with Gasteiger partial charge >= 0.3 is 8.60 Å². The first-order valence-electron chi connectivity index (χ1n) is 7.24. The molecule has 0 aromatic heterocycles. The highest BCUT2D eigenvalue weighted by molar-refractivity contribution is 7.41. The van der Waals surface area contributed by atoms with Crippen LogP contribution in [0.5, 0.6) is 11.5 Å². The molecule has 1 atom stereocenters. The molecule has 2 aromatic carbocycles. The van der Waals surface area contributed by atoms with Crippen molar-refractivity contribution in [3.05, 3.63) is 72.3 Å². The van der Waals surface area contributed by atoms with Crippen molar-refractivity contribution in [3.8, 4) is 11.5 Å². The number of aromatic hydroxyl groups is 1. The minimum Gasteiger partial charge on any atom is -0.508 e. The van der Waals surface area contributed by atoms with Gasteiger partial charge in [0.1, 0.15) is 11.5 Å². The van der Waals surface area contributed by atoms with Gasteiger partial charge in [0.05, 0.1) is 6.61 Å². The molecule has 122 valence electrons. The van der Waals surface area contributed by atoms with Crippen LogP contribution in [0.15, 0.2) is 61.2 Å². The van der Waals surface area contributed by atoms with Gasteiger partial charge in [-0.2, -0.15) is 0 Å². The molecule has 0 bridgehead atoms. The Bertz CT molecular complexity index is 635. The largest absolute Gasteiger partial charge is 0.508 e. The van der Waals surface area contributed by atoms with E-state index < -0.39 is 8.60 Å². The normalized spacial score (nSPS) is 12.7. The van der Waals surface area contributed by atoms with Crippen molar-refractivity contribution in [2.24, 2.45) is 0 Å². The topological polar surface area (TPSA) is 58.9 Å². The smallest absolute Gasteiger partial charge is 0.394 e. The van der Waals surface area contributed by atoms with E-state index >= 15 is 0 Å². The predicted molar refractivity (Wildman–Crippen MR) is 92.6 cm³/mol. The molecule has 5 heteroatoms. The van der Waals surface area contributed by atoms with Crippen LogP contribution in [0.1, 0.15) is 25.0 Å². The van der Waals surface area contributed by atoms with Gasteiger partial charge in [-0.15, -0.1) is 6.58 Å². The summed E-state index contributed by atoms with van der Waals surface area (Å²) in [6, 6.07) is 14.7. The minimum atomic E-state index is -1.95. The van der Waals surface area contributed by atoms with E-state index in [2.05, 4.69) is 20.4 Å². The zero-order valence-corrected chi connectivity index (χ0v) is 14.2. The van der Waals surface area contributed by atoms with Gasteiger partial charge in [-0.25, -0.2) is 0 Å². The van der Waals surface area contributed by atoms with Crippen LogP contribution in [-0.2, 0) is 9.94 Å². The lowest BCUT2D eigenvalue weighted by Crippen LogP contribution is -2.18. The van der Waals surface area contributed by atoms with E-state index in [1.165, 1.54) is 0 Å². The molecule has 0 saturated carbocycles. The van der Waals surface area contributed by atoms with E-state index in [0.717, 1.165) is 11.1 Å². The predicted octanol–water partition coefficient (Wildman–Crippen LogP) is 4.52. The highest BCUT2D eigenvalue weighted by atomic mass is 31.2. The maximum atomic E-state index is 9.62. The van der Waals surface area contributed by atoms with Crippen molar-refractivity contribution >= 4 is 8.60 Å². The Hall–Kier alpha value is -1.87. The lowest BCUT2D eigenvalue weighted by molar-refractivity contribution is 0.288. The fourth-order valence-electron chi connectivity index (χ4n) is 2.21. The molecule has 0 radical (unpaired) electrons. The van der Waals surface area contributed by atoms with Crippen molar-refractivity contribution in [3.63, 3.8) is 0 Å². The highest BCUT2D eigenvalue weighted by Crippen LogP contribution is 2.37. The van der Waals surface area contributed by atoms with E-state index in [0.29, 0.717) is 5.75 Å². The van der Waals surface area contributed by atoms with Gasteiger partial charge in [-0.05, 0) is 35.4 Å². The Morgan fingerprint density at radius 3 is 2.09 bits per heavy atom. The van der Waals surface area contributed by atoms with Crippen LogP contribution < -0.4 is 4.52 Å². The van der Waals surface area contributed by atoms with Crippen molar-refractivity contribution in [2.75, 3.05) is 6.61 Å². The Labute approximate surface area is 138 Å². The first kappa shape index (κ1) is 17.5. The molecule has 23 heavy (non-hydrogen) atoms. The molecular weight excluding hydrogens is 311 g/mol. The summed E-state index contributed by atoms with van der Waals surface area (Å²) in [5.41, 5.74) is 1.99. The molecule has 0 heterocycles. The van der Waals surface area contributed by atoms with Crippen LogP contribution >= 0.6 is 8.60 Å². The highest BCUT2D eigenvalue weighted by Gasteiger charge is 2.23. The quantitative estimate of drug-likeness (QED) is 0.578. The first-order valence-corrected chi connectivity index (χ1v) is 8.37. The van der Waals surface area contributed by atoms with Crippen LogP contribution in [0.3, 0.4) is 0 Å². The minimum absolute atomic E-state index is 0.213.